The smallest absolute Gasteiger partial charge is 0.406 e. The average molecular weight is 328 g/mol. The van der Waals surface area contributed by atoms with Crippen LogP contribution in [-0.4, -0.2) is 29.4 Å². The molecule has 1 amide bonds. The summed E-state index contributed by atoms with van der Waals surface area (Å²) < 4.78 is 45.4. The summed E-state index contributed by atoms with van der Waals surface area (Å²) in [6.07, 6.45) is -4.68. The summed E-state index contributed by atoms with van der Waals surface area (Å²) in [6.45, 7) is 1.88. The summed E-state index contributed by atoms with van der Waals surface area (Å²) in [7, 11) is 1.56. The summed E-state index contributed by atoms with van der Waals surface area (Å²) in [4.78, 5) is 13.5. The average Bonchev–Trinajstić information content (AvgIpc) is 2.82. The van der Waals surface area contributed by atoms with E-state index in [1.807, 2.05) is 0 Å². The molecule has 0 spiro atoms. The Kier molecular flexibility index (Phi) is 4.92. The minimum atomic E-state index is -4.74. The van der Waals surface area contributed by atoms with E-state index < -0.39 is 6.36 Å². The molecule has 0 aliphatic rings. The molecule has 0 saturated heterocycles. The van der Waals surface area contributed by atoms with E-state index in [-0.39, 0.29) is 24.6 Å². The predicted molar refractivity (Wildman–Crippen MR) is 74.5 cm³/mol. The van der Waals surface area contributed by atoms with Crippen LogP contribution >= 0.6 is 0 Å². The van der Waals surface area contributed by atoms with Crippen LogP contribution in [0.1, 0.15) is 17.0 Å². The molecular formula is C15H15F3N2O3. The van der Waals surface area contributed by atoms with Gasteiger partial charge in [-0.15, -0.1) is 13.2 Å². The maximum absolute atomic E-state index is 12.2. The van der Waals surface area contributed by atoms with Crippen molar-refractivity contribution in [2.24, 2.45) is 0 Å². The molecule has 0 N–H and O–H groups in total. The van der Waals surface area contributed by atoms with E-state index in [1.165, 1.54) is 23.1 Å². The van der Waals surface area contributed by atoms with E-state index in [0.29, 0.717) is 17.0 Å². The van der Waals surface area contributed by atoms with Crippen molar-refractivity contribution in [2.45, 2.75) is 26.3 Å². The fourth-order valence-electron chi connectivity index (χ4n) is 1.99. The number of hydrogen-bond donors (Lipinski definition) is 0. The minimum absolute atomic E-state index is 0.0621. The standard InChI is InChI=1S/C15H15F3N2O3/c1-10-6-12(19-23-10)8-14(21)20(2)9-11-4-3-5-13(7-11)22-15(16,17)18/h3-7H,8-9H2,1-2H3. The predicted octanol–water partition coefficient (Wildman–Crippen LogP) is 3.08. The van der Waals surface area contributed by atoms with E-state index in [2.05, 4.69) is 9.89 Å². The molecule has 2 aromatic rings. The third-order valence-electron chi connectivity index (χ3n) is 2.99. The Labute approximate surface area is 130 Å². The lowest BCUT2D eigenvalue weighted by atomic mass is 10.2. The van der Waals surface area contributed by atoms with Gasteiger partial charge in [0.1, 0.15) is 11.5 Å². The van der Waals surface area contributed by atoms with E-state index in [9.17, 15) is 18.0 Å². The topological polar surface area (TPSA) is 55.6 Å². The van der Waals surface area contributed by atoms with Gasteiger partial charge < -0.3 is 14.2 Å². The Bertz CT molecular complexity index is 683. The van der Waals surface area contributed by atoms with Crippen molar-refractivity contribution in [1.82, 2.24) is 10.1 Å². The van der Waals surface area contributed by atoms with Gasteiger partial charge in [0.2, 0.25) is 5.91 Å². The number of nitrogens with zero attached hydrogens (tertiary/aromatic N) is 2. The zero-order chi connectivity index (χ0) is 17.0. The number of halogens is 3. The molecule has 0 aliphatic heterocycles. The Balaban J connectivity index is 1.97. The molecule has 0 unspecified atom stereocenters. The van der Waals surface area contributed by atoms with Crippen LogP contribution < -0.4 is 4.74 Å². The zero-order valence-corrected chi connectivity index (χ0v) is 12.6. The first kappa shape index (κ1) is 16.9. The van der Waals surface area contributed by atoms with Gasteiger partial charge in [0.15, 0.2) is 0 Å². The highest BCUT2D eigenvalue weighted by Gasteiger charge is 2.31. The normalized spacial score (nSPS) is 11.3. The van der Waals surface area contributed by atoms with Crippen LogP contribution in [0.15, 0.2) is 34.9 Å². The Morgan fingerprint density at radius 1 is 1.35 bits per heavy atom. The number of hydrogen-bond acceptors (Lipinski definition) is 4. The summed E-state index contributed by atoms with van der Waals surface area (Å²) in [5.41, 5.74) is 1.03. The number of alkyl halides is 3. The Morgan fingerprint density at radius 2 is 2.09 bits per heavy atom. The molecular weight excluding hydrogens is 313 g/mol. The number of ether oxygens (including phenoxy) is 1. The second-order valence-electron chi connectivity index (χ2n) is 5.05. The van der Waals surface area contributed by atoms with Gasteiger partial charge in [-0.3, -0.25) is 4.79 Å². The van der Waals surface area contributed by atoms with Crippen molar-refractivity contribution in [3.8, 4) is 5.75 Å². The first-order valence-electron chi connectivity index (χ1n) is 6.74. The van der Waals surface area contributed by atoms with Gasteiger partial charge in [-0.2, -0.15) is 0 Å². The first-order valence-corrected chi connectivity index (χ1v) is 6.74. The summed E-state index contributed by atoms with van der Waals surface area (Å²) in [6, 6.07) is 7.17. The fourth-order valence-corrected chi connectivity index (χ4v) is 1.99. The lowest BCUT2D eigenvalue weighted by Crippen LogP contribution is -2.27. The van der Waals surface area contributed by atoms with Crippen LogP contribution in [0.2, 0.25) is 0 Å². The third kappa shape index (κ3) is 5.32. The molecule has 0 radical (unpaired) electrons. The Morgan fingerprint density at radius 3 is 2.70 bits per heavy atom. The molecule has 23 heavy (non-hydrogen) atoms. The van der Waals surface area contributed by atoms with Gasteiger partial charge in [0, 0.05) is 19.7 Å². The van der Waals surface area contributed by atoms with Crippen LogP contribution in [0.4, 0.5) is 13.2 Å². The van der Waals surface area contributed by atoms with Crippen LogP contribution in [0, 0.1) is 6.92 Å². The number of carbonyl (C=O) groups excluding carboxylic acids is 1. The first-order chi connectivity index (χ1) is 10.7. The van der Waals surface area contributed by atoms with Crippen LogP contribution in [0.3, 0.4) is 0 Å². The highest BCUT2D eigenvalue weighted by molar-refractivity contribution is 5.78. The highest BCUT2D eigenvalue weighted by atomic mass is 19.4. The lowest BCUT2D eigenvalue weighted by Gasteiger charge is -2.17. The quantitative estimate of drug-likeness (QED) is 0.846. The Hall–Kier alpha value is -2.51. The molecule has 1 heterocycles. The molecule has 0 bridgehead atoms. The largest absolute Gasteiger partial charge is 0.573 e. The second kappa shape index (κ2) is 6.72. The monoisotopic (exact) mass is 328 g/mol. The molecule has 0 atom stereocenters. The van der Waals surface area contributed by atoms with Gasteiger partial charge in [-0.1, -0.05) is 17.3 Å². The molecule has 1 aromatic heterocycles. The number of carbonyl (C=O) groups is 1. The number of amides is 1. The highest BCUT2D eigenvalue weighted by Crippen LogP contribution is 2.23. The molecule has 5 nitrogen and oxygen atoms in total. The van der Waals surface area contributed by atoms with Crippen molar-refractivity contribution in [3.05, 3.63) is 47.3 Å². The molecule has 0 fully saturated rings. The second-order valence-corrected chi connectivity index (χ2v) is 5.05. The van der Waals surface area contributed by atoms with Crippen molar-refractivity contribution in [3.63, 3.8) is 0 Å². The van der Waals surface area contributed by atoms with Gasteiger partial charge in [-0.05, 0) is 24.6 Å². The van der Waals surface area contributed by atoms with Gasteiger partial charge in [0.05, 0.1) is 12.1 Å². The lowest BCUT2D eigenvalue weighted by molar-refractivity contribution is -0.274. The SMILES string of the molecule is Cc1cc(CC(=O)N(C)Cc2cccc(OC(F)(F)F)c2)no1. The number of aryl methyl sites for hydroxylation is 1. The van der Waals surface area contributed by atoms with Gasteiger partial charge in [0.25, 0.3) is 0 Å². The van der Waals surface area contributed by atoms with Crippen LogP contribution in [-0.2, 0) is 17.8 Å². The molecule has 1 aromatic carbocycles. The molecule has 124 valence electrons. The number of benzene rings is 1. The molecule has 0 aliphatic carbocycles. The number of likely N-dealkylation sites (N-methyl/N-ethyl adjacent to an activating group) is 1. The summed E-state index contributed by atoms with van der Waals surface area (Å²) in [5.74, 6) is 0.0656. The van der Waals surface area contributed by atoms with E-state index >= 15 is 0 Å². The minimum Gasteiger partial charge on any atom is -0.406 e. The maximum atomic E-state index is 12.2. The van der Waals surface area contributed by atoms with E-state index in [4.69, 9.17) is 4.52 Å². The van der Waals surface area contributed by atoms with Crippen molar-refractivity contribution < 1.29 is 27.2 Å². The third-order valence-corrected chi connectivity index (χ3v) is 2.99. The van der Waals surface area contributed by atoms with E-state index in [1.54, 1.807) is 26.1 Å². The molecule has 8 heteroatoms. The zero-order valence-electron chi connectivity index (χ0n) is 12.6. The number of rotatable bonds is 5. The van der Waals surface area contributed by atoms with Crippen molar-refractivity contribution in [1.29, 1.82) is 0 Å². The summed E-state index contributed by atoms with van der Waals surface area (Å²) >= 11 is 0. The van der Waals surface area contributed by atoms with E-state index in [0.717, 1.165) is 0 Å². The van der Waals surface area contributed by atoms with Gasteiger partial charge in [-0.25, -0.2) is 0 Å². The fraction of sp³-hybridized carbons (Fsp3) is 0.333. The van der Waals surface area contributed by atoms with Gasteiger partial charge >= 0.3 is 6.36 Å². The van der Waals surface area contributed by atoms with Crippen molar-refractivity contribution in [2.75, 3.05) is 7.05 Å². The number of aromatic nitrogens is 1. The summed E-state index contributed by atoms with van der Waals surface area (Å²) in [5, 5.41) is 3.73. The maximum Gasteiger partial charge on any atom is 0.573 e. The van der Waals surface area contributed by atoms with Crippen LogP contribution in [0.25, 0.3) is 0 Å². The molecule has 2 rings (SSSR count). The van der Waals surface area contributed by atoms with Crippen molar-refractivity contribution >= 4 is 5.91 Å². The van der Waals surface area contributed by atoms with Crippen LogP contribution in [0.5, 0.6) is 5.75 Å². The molecule has 0 saturated carbocycles.